The second-order valence-corrected chi connectivity index (χ2v) is 7.54. The van der Waals surface area contributed by atoms with Crippen LogP contribution < -0.4 is 21.1 Å². The van der Waals surface area contributed by atoms with Crippen LogP contribution in [0.1, 0.15) is 25.1 Å². The predicted octanol–water partition coefficient (Wildman–Crippen LogP) is 3.15. The highest BCUT2D eigenvalue weighted by Gasteiger charge is 2.22. The molecular formula is C18H24N4O3S. The second kappa shape index (κ2) is 8.66. The molecule has 0 fully saturated rings. The Hall–Kier alpha value is -2.61. The first-order chi connectivity index (χ1) is 12.3. The molecule has 1 heterocycles. The number of urea groups is 1. The average molecular weight is 376 g/mol. The molecule has 1 aromatic carbocycles. The molecule has 0 spiro atoms. The highest BCUT2D eigenvalue weighted by atomic mass is 32.1. The number of ether oxygens (including phenoxy) is 1. The van der Waals surface area contributed by atoms with E-state index in [1.807, 2.05) is 45.0 Å². The van der Waals surface area contributed by atoms with Crippen molar-refractivity contribution in [1.82, 2.24) is 10.3 Å². The zero-order valence-corrected chi connectivity index (χ0v) is 16.1. The van der Waals surface area contributed by atoms with E-state index >= 15 is 0 Å². The van der Waals surface area contributed by atoms with Crippen LogP contribution in [0.15, 0.2) is 24.3 Å². The molecule has 0 saturated heterocycles. The van der Waals surface area contributed by atoms with Gasteiger partial charge in [-0.25, -0.2) is 9.78 Å². The number of thiazole rings is 1. The summed E-state index contributed by atoms with van der Waals surface area (Å²) in [6.07, 6.45) is 0.491. The molecule has 0 bridgehead atoms. The van der Waals surface area contributed by atoms with E-state index in [4.69, 9.17) is 10.5 Å². The first-order valence-corrected chi connectivity index (χ1v) is 9.10. The number of hydrogen-bond acceptors (Lipinski definition) is 5. The molecule has 7 nitrogen and oxygen atoms in total. The predicted molar refractivity (Wildman–Crippen MR) is 103 cm³/mol. The van der Waals surface area contributed by atoms with Gasteiger partial charge in [0, 0.05) is 10.4 Å². The van der Waals surface area contributed by atoms with E-state index in [2.05, 4.69) is 15.6 Å². The molecule has 1 unspecified atom stereocenters. The van der Waals surface area contributed by atoms with E-state index in [0.29, 0.717) is 11.6 Å². The molecule has 1 aromatic heterocycles. The summed E-state index contributed by atoms with van der Waals surface area (Å²) >= 11 is 1.38. The Morgan fingerprint density at radius 1 is 1.27 bits per heavy atom. The minimum atomic E-state index is -0.722. The number of nitrogens with one attached hydrogen (secondary N) is 2. The van der Waals surface area contributed by atoms with Crippen molar-refractivity contribution < 1.29 is 14.3 Å². The van der Waals surface area contributed by atoms with Gasteiger partial charge in [0.2, 0.25) is 5.91 Å². The summed E-state index contributed by atoms with van der Waals surface area (Å²) in [5, 5.41) is 5.75. The van der Waals surface area contributed by atoms with Crippen molar-refractivity contribution in [2.75, 3.05) is 12.4 Å². The maximum atomic E-state index is 12.5. The van der Waals surface area contributed by atoms with Crippen molar-refractivity contribution in [2.24, 2.45) is 11.7 Å². The molecule has 3 amide bonds. The van der Waals surface area contributed by atoms with Gasteiger partial charge in [0.05, 0.1) is 12.8 Å². The number of carbonyl (C=O) groups excluding carboxylic acids is 2. The average Bonchev–Trinajstić information content (AvgIpc) is 2.93. The number of aryl methyl sites for hydroxylation is 1. The summed E-state index contributed by atoms with van der Waals surface area (Å²) in [5.41, 5.74) is 6.92. The number of amides is 3. The topological polar surface area (TPSA) is 106 Å². The molecule has 26 heavy (non-hydrogen) atoms. The van der Waals surface area contributed by atoms with Crippen LogP contribution in [0.2, 0.25) is 0 Å². The number of hydrogen-bond donors (Lipinski definition) is 3. The lowest BCUT2D eigenvalue weighted by Crippen LogP contribution is -2.46. The van der Waals surface area contributed by atoms with Gasteiger partial charge in [-0.15, -0.1) is 11.3 Å². The summed E-state index contributed by atoms with van der Waals surface area (Å²) in [7, 11) is 1.62. The zero-order valence-electron chi connectivity index (χ0n) is 15.3. The summed E-state index contributed by atoms with van der Waals surface area (Å²) in [6.45, 7) is 5.89. The van der Waals surface area contributed by atoms with Crippen molar-refractivity contribution in [3.63, 3.8) is 0 Å². The molecule has 0 saturated carbocycles. The molecule has 4 N–H and O–H groups in total. The van der Waals surface area contributed by atoms with Crippen molar-refractivity contribution in [1.29, 1.82) is 0 Å². The van der Waals surface area contributed by atoms with E-state index in [1.54, 1.807) is 7.11 Å². The largest absolute Gasteiger partial charge is 0.497 e. The van der Waals surface area contributed by atoms with Crippen LogP contribution in [0.3, 0.4) is 0 Å². The van der Waals surface area contributed by atoms with Gasteiger partial charge in [-0.3, -0.25) is 4.79 Å². The zero-order chi connectivity index (χ0) is 19.3. The Morgan fingerprint density at radius 3 is 2.46 bits per heavy atom. The van der Waals surface area contributed by atoms with Crippen LogP contribution in [0.5, 0.6) is 5.75 Å². The molecule has 1 atom stereocenters. The lowest BCUT2D eigenvalue weighted by molar-refractivity contribution is -0.118. The number of aromatic nitrogens is 1. The molecule has 0 aliphatic heterocycles. The Labute approximate surface area is 157 Å². The van der Waals surface area contributed by atoms with E-state index < -0.39 is 12.1 Å². The third-order valence-corrected chi connectivity index (χ3v) is 4.62. The Morgan fingerprint density at radius 2 is 1.92 bits per heavy atom. The van der Waals surface area contributed by atoms with Gasteiger partial charge in [0.25, 0.3) is 0 Å². The smallest absolute Gasteiger partial charge is 0.312 e. The highest BCUT2D eigenvalue weighted by Crippen LogP contribution is 2.31. The molecule has 8 heteroatoms. The van der Waals surface area contributed by atoms with E-state index in [9.17, 15) is 9.59 Å². The fraction of sp³-hybridized carbons (Fsp3) is 0.389. The fourth-order valence-corrected chi connectivity index (χ4v) is 3.37. The normalized spacial score (nSPS) is 11.9. The highest BCUT2D eigenvalue weighted by molar-refractivity contribution is 7.16. The molecule has 0 radical (unpaired) electrons. The second-order valence-electron chi connectivity index (χ2n) is 6.33. The SMILES string of the molecule is COc1ccc(-c2nc(NC(=O)C(CC(C)C)NC(N)=O)sc2C)cc1. The number of nitrogens with zero attached hydrogens (tertiary/aromatic N) is 1. The molecule has 140 valence electrons. The van der Waals surface area contributed by atoms with E-state index in [-0.39, 0.29) is 11.8 Å². The standard InChI is InChI=1S/C18H24N4O3S/c1-10(2)9-14(20-17(19)24)16(23)22-18-21-15(11(3)26-18)12-5-7-13(25-4)8-6-12/h5-8,10,14H,9H2,1-4H3,(H3,19,20,24)(H,21,22,23). The third-order valence-electron chi connectivity index (χ3n) is 3.73. The minimum Gasteiger partial charge on any atom is -0.497 e. The number of nitrogens with two attached hydrogens (primary N) is 1. The fourth-order valence-electron chi connectivity index (χ4n) is 2.53. The quantitative estimate of drug-likeness (QED) is 0.690. The van der Waals surface area contributed by atoms with Gasteiger partial charge in [0.15, 0.2) is 5.13 Å². The molecule has 0 aliphatic carbocycles. The van der Waals surface area contributed by atoms with Crippen LogP contribution in [0.25, 0.3) is 11.3 Å². The maximum Gasteiger partial charge on any atom is 0.312 e. The summed E-state index contributed by atoms with van der Waals surface area (Å²) < 4.78 is 5.16. The molecule has 0 aliphatic rings. The Balaban J connectivity index is 2.16. The van der Waals surface area contributed by atoms with Crippen LogP contribution in [0.4, 0.5) is 9.93 Å². The number of anilines is 1. The Kier molecular flexibility index (Phi) is 6.57. The van der Waals surface area contributed by atoms with Gasteiger partial charge in [-0.1, -0.05) is 13.8 Å². The van der Waals surface area contributed by atoms with Gasteiger partial charge in [0.1, 0.15) is 11.8 Å². The number of benzene rings is 1. The monoisotopic (exact) mass is 376 g/mol. The van der Waals surface area contributed by atoms with E-state index in [0.717, 1.165) is 21.9 Å². The number of rotatable bonds is 7. The number of methoxy groups -OCH3 is 1. The van der Waals surface area contributed by atoms with Crippen LogP contribution in [0, 0.1) is 12.8 Å². The van der Waals surface area contributed by atoms with Gasteiger partial charge in [-0.2, -0.15) is 0 Å². The summed E-state index contributed by atoms with van der Waals surface area (Å²) in [5.74, 6) is 0.669. The van der Waals surface area contributed by atoms with E-state index in [1.165, 1.54) is 11.3 Å². The minimum absolute atomic E-state index is 0.227. The molecular weight excluding hydrogens is 352 g/mol. The van der Waals surface area contributed by atoms with Gasteiger partial charge < -0.3 is 21.1 Å². The number of carbonyl (C=O) groups is 2. The Bertz CT molecular complexity index is 771. The maximum absolute atomic E-state index is 12.5. The number of primary amides is 1. The van der Waals surface area contributed by atoms with Crippen molar-refractivity contribution in [3.8, 4) is 17.0 Å². The summed E-state index contributed by atoms with van der Waals surface area (Å²) in [6, 6.07) is 6.15. The lowest BCUT2D eigenvalue weighted by atomic mass is 10.0. The summed E-state index contributed by atoms with van der Waals surface area (Å²) in [4.78, 5) is 29.1. The van der Waals surface area contributed by atoms with Crippen molar-refractivity contribution in [2.45, 2.75) is 33.2 Å². The lowest BCUT2D eigenvalue weighted by Gasteiger charge is -2.18. The van der Waals surface area contributed by atoms with Crippen molar-refractivity contribution >= 4 is 28.4 Å². The molecule has 2 aromatic rings. The van der Waals surface area contributed by atoms with Gasteiger partial charge in [-0.05, 0) is 43.5 Å². The molecule has 2 rings (SSSR count). The first-order valence-electron chi connectivity index (χ1n) is 8.28. The van der Waals surface area contributed by atoms with Crippen molar-refractivity contribution in [3.05, 3.63) is 29.1 Å². The van der Waals surface area contributed by atoms with Crippen LogP contribution >= 0.6 is 11.3 Å². The van der Waals surface area contributed by atoms with Gasteiger partial charge >= 0.3 is 6.03 Å². The third kappa shape index (κ3) is 5.19. The van der Waals surface area contributed by atoms with Crippen LogP contribution in [-0.4, -0.2) is 30.1 Å². The van der Waals surface area contributed by atoms with Crippen LogP contribution in [-0.2, 0) is 4.79 Å². The first kappa shape index (κ1) is 19.7.